The fourth-order valence-electron chi connectivity index (χ4n) is 8.30. The lowest BCUT2D eigenvalue weighted by molar-refractivity contribution is -0.170. The van der Waals surface area contributed by atoms with Crippen molar-refractivity contribution in [1.82, 2.24) is 16.0 Å². The van der Waals surface area contributed by atoms with Crippen LogP contribution in [0.15, 0.2) is 0 Å². The molecule has 3 rings (SSSR count). The second kappa shape index (κ2) is 13.8. The van der Waals surface area contributed by atoms with Crippen molar-refractivity contribution >= 4 is 17.9 Å². The Hall–Kier alpha value is -1.71. The van der Waals surface area contributed by atoms with Gasteiger partial charge in [-0.2, -0.15) is 0 Å². The molecule has 3 aliphatic heterocycles. The molecule has 0 saturated carbocycles. The summed E-state index contributed by atoms with van der Waals surface area (Å²) in [4.78, 5) is 40.7. The van der Waals surface area contributed by atoms with Crippen molar-refractivity contribution < 1.29 is 28.6 Å². The molecular formula is C36H65N3O6. The van der Waals surface area contributed by atoms with E-state index in [2.05, 4.69) is 99.0 Å². The van der Waals surface area contributed by atoms with Gasteiger partial charge in [0.1, 0.15) is 18.3 Å². The van der Waals surface area contributed by atoms with E-state index in [1.807, 2.05) is 0 Å². The summed E-state index contributed by atoms with van der Waals surface area (Å²) in [6, 6.07) is 0. The summed E-state index contributed by atoms with van der Waals surface area (Å²) in [6.07, 6.45) is 5.67. The zero-order valence-electron chi connectivity index (χ0n) is 30.5. The molecule has 0 amide bonds. The number of hydrogen-bond acceptors (Lipinski definition) is 9. The van der Waals surface area contributed by atoms with E-state index in [1.165, 1.54) is 0 Å². The second-order valence-electron chi connectivity index (χ2n) is 18.2. The van der Waals surface area contributed by atoms with Crippen LogP contribution in [-0.2, 0) is 28.6 Å². The number of carbonyl (C=O) groups is 3. The Morgan fingerprint density at radius 1 is 0.533 bits per heavy atom. The molecule has 9 nitrogen and oxygen atoms in total. The maximum atomic E-state index is 13.8. The number of carbonyl (C=O) groups excluding carboxylic acids is 3. The number of rotatable bonds is 8. The van der Waals surface area contributed by atoms with Gasteiger partial charge < -0.3 is 30.2 Å². The Morgan fingerprint density at radius 2 is 0.844 bits per heavy atom. The molecule has 45 heavy (non-hydrogen) atoms. The standard InChI is InChI=1S/C36H65N3O6/c1-31(2)18-15-24(21-34(7,8)37-31)43-28(40)14-13-27(29(41)44-25-16-19-32(3,4)38-35(9,10)22-25)30(42)45-26-17-20-33(5,6)39-36(11,12)23-26/h24-27,37-39H,13-23H2,1-12H3. The molecule has 3 saturated heterocycles. The van der Waals surface area contributed by atoms with E-state index < -0.39 is 23.8 Å². The van der Waals surface area contributed by atoms with Gasteiger partial charge in [-0.1, -0.05) is 0 Å². The van der Waals surface area contributed by atoms with Gasteiger partial charge in [0.15, 0.2) is 5.92 Å². The van der Waals surface area contributed by atoms with Crippen LogP contribution in [0.4, 0.5) is 0 Å². The molecule has 0 spiro atoms. The van der Waals surface area contributed by atoms with Crippen molar-refractivity contribution in [2.24, 2.45) is 5.92 Å². The topological polar surface area (TPSA) is 115 Å². The maximum absolute atomic E-state index is 13.8. The Balaban J connectivity index is 1.73. The predicted molar refractivity (Wildman–Crippen MR) is 178 cm³/mol. The molecule has 3 fully saturated rings. The van der Waals surface area contributed by atoms with Crippen LogP contribution in [0.2, 0.25) is 0 Å². The number of nitrogens with one attached hydrogen (secondary N) is 3. The van der Waals surface area contributed by atoms with Crippen molar-refractivity contribution in [2.45, 2.75) is 205 Å². The molecule has 0 bridgehead atoms. The minimum Gasteiger partial charge on any atom is -0.462 e. The van der Waals surface area contributed by atoms with E-state index >= 15 is 0 Å². The SMILES string of the molecule is CC1(C)CCC(OC(=O)CCC(C(=O)OC2CCC(C)(C)NC(C)(C)C2)C(=O)OC2CCC(C)(C)NC(C)(C)C2)CC(C)(C)N1. The molecule has 3 N–H and O–H groups in total. The third-order valence-corrected chi connectivity index (χ3v) is 9.59. The quantitative estimate of drug-likeness (QED) is 0.165. The lowest BCUT2D eigenvalue weighted by Crippen LogP contribution is -2.51. The number of hydrogen-bond donors (Lipinski definition) is 3. The van der Waals surface area contributed by atoms with E-state index in [4.69, 9.17) is 14.2 Å². The van der Waals surface area contributed by atoms with Gasteiger partial charge in [-0.25, -0.2) is 0 Å². The number of esters is 3. The minimum absolute atomic E-state index is 0.00390. The molecule has 3 aliphatic rings. The fourth-order valence-corrected chi connectivity index (χ4v) is 8.30. The third kappa shape index (κ3) is 12.4. The molecule has 3 unspecified atom stereocenters. The second-order valence-corrected chi connectivity index (χ2v) is 18.2. The van der Waals surface area contributed by atoms with Gasteiger partial charge in [0.05, 0.1) is 0 Å². The summed E-state index contributed by atoms with van der Waals surface area (Å²) in [7, 11) is 0. The first kappa shape index (κ1) is 37.7. The Bertz CT molecular complexity index is 1010. The summed E-state index contributed by atoms with van der Waals surface area (Å²) in [5.41, 5.74) is -0.931. The summed E-state index contributed by atoms with van der Waals surface area (Å²) in [5.74, 6) is -2.81. The molecule has 0 radical (unpaired) electrons. The highest BCUT2D eigenvalue weighted by molar-refractivity contribution is 5.95. The lowest BCUT2D eigenvalue weighted by atomic mass is 9.95. The van der Waals surface area contributed by atoms with Crippen molar-refractivity contribution in [2.75, 3.05) is 0 Å². The molecule has 3 atom stereocenters. The first-order valence-electron chi connectivity index (χ1n) is 17.3. The van der Waals surface area contributed by atoms with Crippen molar-refractivity contribution in [1.29, 1.82) is 0 Å². The molecule has 0 aromatic carbocycles. The van der Waals surface area contributed by atoms with Gasteiger partial charge in [-0.05, 0) is 128 Å². The molecule has 260 valence electrons. The zero-order chi connectivity index (χ0) is 34.1. The number of ether oxygens (including phenoxy) is 3. The van der Waals surface area contributed by atoms with Crippen LogP contribution in [-0.4, -0.2) is 69.5 Å². The predicted octanol–water partition coefficient (Wildman–Crippen LogP) is 6.11. The summed E-state index contributed by atoms with van der Waals surface area (Å²) >= 11 is 0. The van der Waals surface area contributed by atoms with Crippen molar-refractivity contribution in [3.63, 3.8) is 0 Å². The molecule has 0 aromatic heterocycles. The summed E-state index contributed by atoms with van der Waals surface area (Å²) in [5, 5.41) is 11.0. The van der Waals surface area contributed by atoms with Gasteiger partial charge in [0.2, 0.25) is 0 Å². The highest BCUT2D eigenvalue weighted by Crippen LogP contribution is 2.33. The van der Waals surface area contributed by atoms with E-state index in [0.29, 0.717) is 32.1 Å². The van der Waals surface area contributed by atoms with Gasteiger partial charge in [-0.15, -0.1) is 0 Å². The van der Waals surface area contributed by atoms with Gasteiger partial charge in [0, 0.05) is 58.9 Å². The lowest BCUT2D eigenvalue weighted by Gasteiger charge is -2.34. The Morgan fingerprint density at radius 3 is 1.18 bits per heavy atom. The highest BCUT2D eigenvalue weighted by Gasteiger charge is 2.41. The van der Waals surface area contributed by atoms with Gasteiger partial charge in [0.25, 0.3) is 0 Å². The largest absolute Gasteiger partial charge is 0.462 e. The smallest absolute Gasteiger partial charge is 0.320 e. The van der Waals surface area contributed by atoms with E-state index in [1.54, 1.807) is 0 Å². The molecule has 0 aliphatic carbocycles. The Labute approximate surface area is 273 Å². The van der Waals surface area contributed by atoms with Crippen molar-refractivity contribution in [3.8, 4) is 0 Å². The van der Waals surface area contributed by atoms with Crippen LogP contribution in [0.3, 0.4) is 0 Å². The van der Waals surface area contributed by atoms with Crippen LogP contribution < -0.4 is 16.0 Å². The first-order chi connectivity index (χ1) is 20.4. The van der Waals surface area contributed by atoms with Crippen LogP contribution >= 0.6 is 0 Å². The third-order valence-electron chi connectivity index (χ3n) is 9.59. The molecular weight excluding hydrogens is 570 g/mol. The molecule has 3 heterocycles. The van der Waals surface area contributed by atoms with Crippen LogP contribution in [0.1, 0.15) is 154 Å². The zero-order valence-corrected chi connectivity index (χ0v) is 30.5. The van der Waals surface area contributed by atoms with Gasteiger partial charge >= 0.3 is 17.9 Å². The van der Waals surface area contributed by atoms with Crippen LogP contribution in [0.5, 0.6) is 0 Å². The van der Waals surface area contributed by atoms with E-state index in [-0.39, 0.29) is 64.4 Å². The highest BCUT2D eigenvalue weighted by atomic mass is 16.6. The maximum Gasteiger partial charge on any atom is 0.320 e. The normalized spacial score (nSPS) is 30.8. The summed E-state index contributed by atoms with van der Waals surface area (Å²) < 4.78 is 18.1. The molecule has 9 heteroatoms. The van der Waals surface area contributed by atoms with Crippen molar-refractivity contribution in [3.05, 3.63) is 0 Å². The van der Waals surface area contributed by atoms with E-state index in [0.717, 1.165) is 25.7 Å². The fraction of sp³-hybridized carbons (Fsp3) is 0.917. The summed E-state index contributed by atoms with van der Waals surface area (Å²) in [6.45, 7) is 25.6. The van der Waals surface area contributed by atoms with Crippen LogP contribution in [0, 0.1) is 5.92 Å². The average Bonchev–Trinajstić information content (AvgIpc) is 3.05. The monoisotopic (exact) mass is 635 g/mol. The Kier molecular flexibility index (Phi) is 11.6. The van der Waals surface area contributed by atoms with Crippen LogP contribution in [0.25, 0.3) is 0 Å². The average molecular weight is 636 g/mol. The van der Waals surface area contributed by atoms with Gasteiger partial charge in [-0.3, -0.25) is 14.4 Å². The van der Waals surface area contributed by atoms with E-state index in [9.17, 15) is 14.4 Å². The first-order valence-corrected chi connectivity index (χ1v) is 17.3. The minimum atomic E-state index is -1.19. The molecule has 0 aromatic rings.